The summed E-state index contributed by atoms with van der Waals surface area (Å²) < 4.78 is 4.79. The number of hydrogen-bond acceptors (Lipinski definition) is 4. The van der Waals surface area contributed by atoms with Crippen LogP contribution in [0.2, 0.25) is 0 Å². The molecule has 0 bridgehead atoms. The van der Waals surface area contributed by atoms with E-state index < -0.39 is 23.8 Å². The standard InChI is InChI=1S/C47H43O3P3S/c48-49-50-54-46-33-31-39(32-34-46)35-47(36-51(40-19-7-1-8-20-40)41-21-9-2-10-22-41,37-52(42-23-11-3-12-24-42)43-25-13-4-14-26-43)38-53(44-27-15-5-16-28-44)45-29-17-6-18-30-45/h1-34,48H,35-38H2. The lowest BCUT2D eigenvalue weighted by atomic mass is 9.87. The quantitative estimate of drug-likeness (QED) is 0.0433. The normalized spacial score (nSPS) is 11.7. The maximum atomic E-state index is 8.81. The molecule has 0 saturated heterocycles. The Morgan fingerprint density at radius 3 is 0.926 bits per heavy atom. The third kappa shape index (κ3) is 10.2. The van der Waals surface area contributed by atoms with Gasteiger partial charge in [0.25, 0.3) is 0 Å². The minimum absolute atomic E-state index is 0.133. The average Bonchev–Trinajstić information content (AvgIpc) is 3.25. The first-order chi connectivity index (χ1) is 26.7. The number of hydrogen-bond donors (Lipinski definition) is 1. The van der Waals surface area contributed by atoms with Gasteiger partial charge in [-0.15, -0.1) is 4.33 Å². The van der Waals surface area contributed by atoms with Crippen molar-refractivity contribution in [2.45, 2.75) is 11.3 Å². The van der Waals surface area contributed by atoms with Crippen molar-refractivity contribution in [1.82, 2.24) is 0 Å². The predicted molar refractivity (Wildman–Crippen MR) is 235 cm³/mol. The van der Waals surface area contributed by atoms with E-state index in [0.29, 0.717) is 0 Å². The van der Waals surface area contributed by atoms with Crippen LogP contribution in [-0.4, -0.2) is 23.7 Å². The number of benzene rings is 7. The largest absolute Gasteiger partial charge is 0.220 e. The highest BCUT2D eigenvalue weighted by Gasteiger charge is 2.40. The van der Waals surface area contributed by atoms with E-state index in [1.54, 1.807) is 0 Å². The molecule has 1 N–H and O–H groups in total. The molecule has 0 saturated carbocycles. The van der Waals surface area contributed by atoms with E-state index in [-0.39, 0.29) is 5.41 Å². The van der Waals surface area contributed by atoms with Crippen molar-refractivity contribution in [2.75, 3.05) is 18.5 Å². The first kappa shape index (κ1) is 38.3. The van der Waals surface area contributed by atoms with Crippen LogP contribution < -0.4 is 31.8 Å². The molecule has 0 aliphatic heterocycles. The van der Waals surface area contributed by atoms with Crippen molar-refractivity contribution in [2.24, 2.45) is 5.41 Å². The van der Waals surface area contributed by atoms with Crippen LogP contribution in [0.1, 0.15) is 5.56 Å². The maximum absolute atomic E-state index is 8.81. The second kappa shape index (κ2) is 19.6. The highest BCUT2D eigenvalue weighted by atomic mass is 32.2. The van der Waals surface area contributed by atoms with Gasteiger partial charge in [0.15, 0.2) is 0 Å². The fraction of sp³-hybridized carbons (Fsp3) is 0.106. The number of rotatable bonds is 17. The van der Waals surface area contributed by atoms with Gasteiger partial charge in [0.2, 0.25) is 0 Å². The molecule has 0 heterocycles. The lowest BCUT2D eigenvalue weighted by molar-refractivity contribution is -0.432. The molecule has 0 aliphatic rings. The molecule has 7 rings (SSSR count). The molecule has 54 heavy (non-hydrogen) atoms. The molecule has 7 aromatic carbocycles. The van der Waals surface area contributed by atoms with Crippen molar-refractivity contribution >= 4 is 67.6 Å². The Morgan fingerprint density at radius 1 is 0.389 bits per heavy atom. The Balaban J connectivity index is 1.45. The van der Waals surface area contributed by atoms with Gasteiger partial charge < -0.3 is 0 Å². The van der Waals surface area contributed by atoms with E-state index in [1.165, 1.54) is 37.4 Å². The summed E-state index contributed by atoms with van der Waals surface area (Å²) in [6.07, 6.45) is 4.01. The van der Waals surface area contributed by atoms with E-state index in [0.717, 1.165) is 41.8 Å². The van der Waals surface area contributed by atoms with E-state index in [4.69, 9.17) is 9.59 Å². The third-order valence-electron chi connectivity index (χ3n) is 9.55. The molecule has 270 valence electrons. The maximum Gasteiger partial charge on any atom is 0.0714 e. The van der Waals surface area contributed by atoms with Crippen molar-refractivity contribution in [1.29, 1.82) is 0 Å². The molecule has 0 fully saturated rings. The molecule has 7 aromatic rings. The van der Waals surface area contributed by atoms with Crippen LogP contribution in [0, 0.1) is 5.41 Å². The van der Waals surface area contributed by atoms with Gasteiger partial charge >= 0.3 is 0 Å². The smallest absolute Gasteiger partial charge is 0.0714 e. The van der Waals surface area contributed by atoms with Crippen molar-refractivity contribution in [3.8, 4) is 0 Å². The Kier molecular flexibility index (Phi) is 13.9. The lowest BCUT2D eigenvalue weighted by Gasteiger charge is -2.43. The van der Waals surface area contributed by atoms with Crippen LogP contribution in [-0.2, 0) is 15.8 Å². The first-order valence-electron chi connectivity index (χ1n) is 18.1. The van der Waals surface area contributed by atoms with Gasteiger partial charge in [-0.25, -0.2) is 5.26 Å². The van der Waals surface area contributed by atoms with Crippen molar-refractivity contribution in [3.05, 3.63) is 212 Å². The average molecular weight is 781 g/mol. The fourth-order valence-electron chi connectivity index (χ4n) is 7.12. The molecule has 0 spiro atoms. The molecule has 7 heteroatoms. The molecule has 0 aliphatic carbocycles. The Bertz CT molecular complexity index is 1790. The molecule has 0 aromatic heterocycles. The predicted octanol–water partition coefficient (Wildman–Crippen LogP) is 10.0. The Morgan fingerprint density at radius 2 is 0.667 bits per heavy atom. The zero-order valence-corrected chi connectivity index (χ0v) is 33.5. The summed E-state index contributed by atoms with van der Waals surface area (Å²) in [4.78, 5) is 0.862. The molecular formula is C47H43O3P3S. The lowest BCUT2D eigenvalue weighted by Crippen LogP contribution is -2.40. The van der Waals surface area contributed by atoms with Crippen LogP contribution in [0.4, 0.5) is 0 Å². The molecule has 0 unspecified atom stereocenters. The summed E-state index contributed by atoms with van der Waals surface area (Å²) in [6.45, 7) is 0. The second-order valence-corrected chi connectivity index (χ2v) is 20.7. The van der Waals surface area contributed by atoms with Crippen LogP contribution in [0.3, 0.4) is 0 Å². The van der Waals surface area contributed by atoms with Crippen molar-refractivity contribution in [3.63, 3.8) is 0 Å². The van der Waals surface area contributed by atoms with E-state index >= 15 is 0 Å². The van der Waals surface area contributed by atoms with Crippen molar-refractivity contribution < 1.29 is 14.6 Å². The Labute approximate surface area is 327 Å². The molecule has 3 nitrogen and oxygen atoms in total. The summed E-state index contributed by atoms with van der Waals surface area (Å²) in [6, 6.07) is 75.9. The van der Waals surface area contributed by atoms with Gasteiger partial charge in [-0.2, -0.15) is 0 Å². The minimum Gasteiger partial charge on any atom is -0.220 e. The summed E-state index contributed by atoms with van der Waals surface area (Å²) >= 11 is 1.00. The van der Waals surface area contributed by atoms with Gasteiger partial charge in [-0.3, -0.25) is 0 Å². The summed E-state index contributed by atoms with van der Waals surface area (Å²) in [5.74, 6) is 0. The third-order valence-corrected chi connectivity index (χ3v) is 18.6. The van der Waals surface area contributed by atoms with Crippen LogP contribution >= 0.6 is 35.8 Å². The van der Waals surface area contributed by atoms with E-state index in [2.05, 4.69) is 211 Å². The topological polar surface area (TPSA) is 38.7 Å². The van der Waals surface area contributed by atoms with Gasteiger partial charge in [0.05, 0.1) is 12.0 Å². The Hall–Kier alpha value is -3.94. The highest BCUT2D eigenvalue weighted by molar-refractivity contribution is 7.94. The molecule has 0 radical (unpaired) electrons. The van der Waals surface area contributed by atoms with Crippen LogP contribution in [0.25, 0.3) is 0 Å². The van der Waals surface area contributed by atoms with Gasteiger partial charge in [0.1, 0.15) is 0 Å². The van der Waals surface area contributed by atoms with E-state index in [1.807, 2.05) is 0 Å². The SMILES string of the molecule is OOOSc1ccc(CC(CP(c2ccccc2)c2ccccc2)(CP(c2ccccc2)c2ccccc2)CP(c2ccccc2)c2ccccc2)cc1. The van der Waals surface area contributed by atoms with Crippen LogP contribution in [0.5, 0.6) is 0 Å². The first-order valence-corrected chi connectivity index (χ1v) is 23.4. The second-order valence-electron chi connectivity index (χ2n) is 13.3. The van der Waals surface area contributed by atoms with Gasteiger partial charge in [0, 0.05) is 4.90 Å². The summed E-state index contributed by atoms with van der Waals surface area (Å²) in [7, 11) is -2.20. The van der Waals surface area contributed by atoms with E-state index in [9.17, 15) is 0 Å². The molecule has 0 amide bonds. The van der Waals surface area contributed by atoms with Crippen LogP contribution in [0.15, 0.2) is 211 Å². The summed E-state index contributed by atoms with van der Waals surface area (Å²) in [5, 5.41) is 21.2. The molecule has 0 atom stereocenters. The minimum atomic E-state index is -0.734. The fourth-order valence-corrected chi connectivity index (χ4v) is 16.2. The highest BCUT2D eigenvalue weighted by Crippen LogP contribution is 2.54. The zero-order valence-electron chi connectivity index (χ0n) is 30.0. The monoisotopic (exact) mass is 780 g/mol. The van der Waals surface area contributed by atoms with Gasteiger partial charge in [-0.05, 0) is 104 Å². The van der Waals surface area contributed by atoms with Gasteiger partial charge in [-0.1, -0.05) is 199 Å². The summed E-state index contributed by atoms with van der Waals surface area (Å²) in [5.41, 5.74) is 1.15. The molecular weight excluding hydrogens is 738 g/mol. The zero-order chi connectivity index (χ0) is 36.8.